The third-order valence-electron chi connectivity index (χ3n) is 7.54. The fourth-order valence-corrected chi connectivity index (χ4v) is 5.26. The van der Waals surface area contributed by atoms with Gasteiger partial charge in [0.2, 0.25) is 0 Å². The highest BCUT2D eigenvalue weighted by molar-refractivity contribution is 6.17. The van der Waals surface area contributed by atoms with Crippen LogP contribution in [0.5, 0.6) is 0 Å². The zero-order chi connectivity index (χ0) is 27.1. The highest BCUT2D eigenvalue weighted by atomic mass is 16.5. The van der Waals surface area contributed by atoms with Crippen molar-refractivity contribution in [2.75, 3.05) is 52.5 Å². The lowest BCUT2D eigenvalue weighted by molar-refractivity contribution is 0.0480. The van der Waals surface area contributed by atoms with E-state index in [1.807, 2.05) is 42.5 Å². The lowest BCUT2D eigenvalue weighted by atomic mass is 9.99. The highest BCUT2D eigenvalue weighted by Gasteiger charge is 2.25. The fraction of sp³-hybridized carbons (Fsp3) is 0.438. The number of hydrogen-bond donors (Lipinski definition) is 0. The van der Waals surface area contributed by atoms with Crippen LogP contribution in [0.3, 0.4) is 0 Å². The Hall–Kier alpha value is -3.22. The Labute approximate surface area is 226 Å². The van der Waals surface area contributed by atoms with Crippen LogP contribution in [0.4, 0.5) is 0 Å². The largest absolute Gasteiger partial charge is 0.462 e. The van der Waals surface area contributed by atoms with Gasteiger partial charge in [-0.3, -0.25) is 0 Å². The number of fused-ring (bicyclic) bond motifs is 3. The van der Waals surface area contributed by atoms with Crippen molar-refractivity contribution in [2.24, 2.45) is 0 Å². The van der Waals surface area contributed by atoms with Crippen LogP contribution in [0.15, 0.2) is 48.5 Å². The van der Waals surface area contributed by atoms with Crippen LogP contribution in [0.1, 0.15) is 61.3 Å². The quantitative estimate of drug-likeness (QED) is 0.146. The number of ether oxygens (including phenoxy) is 2. The molecule has 0 radical (unpaired) electrons. The van der Waals surface area contributed by atoms with Crippen molar-refractivity contribution < 1.29 is 19.1 Å². The SMILES string of the molecule is CCN(CC)CCCOC(=O)c1ccc2c(c1)-c1cc(C(=O)OCCCN(CC)CC)cc3cccc-2c13. The maximum Gasteiger partial charge on any atom is 0.338 e. The van der Waals surface area contributed by atoms with Crippen LogP contribution in [-0.4, -0.2) is 74.2 Å². The van der Waals surface area contributed by atoms with E-state index in [0.717, 1.165) is 85.1 Å². The van der Waals surface area contributed by atoms with Gasteiger partial charge in [0, 0.05) is 13.1 Å². The summed E-state index contributed by atoms with van der Waals surface area (Å²) in [7, 11) is 0. The van der Waals surface area contributed by atoms with Gasteiger partial charge in [-0.1, -0.05) is 52.0 Å². The summed E-state index contributed by atoms with van der Waals surface area (Å²) in [5.41, 5.74) is 5.14. The van der Waals surface area contributed by atoms with Crippen LogP contribution >= 0.6 is 0 Å². The third kappa shape index (κ3) is 6.08. The summed E-state index contributed by atoms with van der Waals surface area (Å²) < 4.78 is 11.2. The fourth-order valence-electron chi connectivity index (χ4n) is 5.26. The van der Waals surface area contributed by atoms with E-state index in [-0.39, 0.29) is 11.9 Å². The summed E-state index contributed by atoms with van der Waals surface area (Å²) in [6.45, 7) is 15.1. The van der Waals surface area contributed by atoms with Crippen molar-refractivity contribution in [3.63, 3.8) is 0 Å². The van der Waals surface area contributed by atoms with Crippen LogP contribution in [0.2, 0.25) is 0 Å². The number of carbonyl (C=O) groups excluding carboxylic acids is 2. The number of hydrogen-bond acceptors (Lipinski definition) is 6. The van der Waals surface area contributed by atoms with Crippen molar-refractivity contribution in [3.05, 3.63) is 59.7 Å². The number of carbonyl (C=O) groups is 2. The molecule has 0 amide bonds. The third-order valence-corrected chi connectivity index (χ3v) is 7.54. The molecule has 38 heavy (non-hydrogen) atoms. The average molecular weight is 517 g/mol. The van der Waals surface area contributed by atoms with Gasteiger partial charge in [-0.2, -0.15) is 0 Å². The van der Waals surface area contributed by atoms with E-state index in [4.69, 9.17) is 9.47 Å². The molecule has 1 aliphatic carbocycles. The summed E-state index contributed by atoms with van der Waals surface area (Å²) in [5, 5.41) is 2.09. The number of nitrogens with zero attached hydrogens (tertiary/aromatic N) is 2. The molecule has 0 bridgehead atoms. The molecule has 0 spiro atoms. The van der Waals surface area contributed by atoms with E-state index in [1.54, 1.807) is 0 Å². The summed E-state index contributed by atoms with van der Waals surface area (Å²) in [4.78, 5) is 30.4. The minimum Gasteiger partial charge on any atom is -0.462 e. The lowest BCUT2D eigenvalue weighted by Crippen LogP contribution is -2.25. The molecule has 4 rings (SSSR count). The van der Waals surface area contributed by atoms with E-state index in [1.165, 1.54) is 0 Å². The van der Waals surface area contributed by atoms with E-state index in [9.17, 15) is 9.59 Å². The summed E-state index contributed by atoms with van der Waals surface area (Å²) in [6, 6.07) is 15.7. The Bertz CT molecular complexity index is 1280. The predicted octanol–water partition coefficient (Wildman–Crippen LogP) is 6.26. The standard InChI is InChI=1S/C32H40N2O4/c1-5-33(6-2)16-10-18-37-31(35)24-14-15-26-27-13-9-12-23-20-25(22-29(30(23)27)28(26)21-24)32(36)38-19-11-17-34(7-3)8-4/h9,12-15,20-22H,5-8,10-11,16-19H2,1-4H3. The second kappa shape index (κ2) is 13.0. The van der Waals surface area contributed by atoms with Gasteiger partial charge < -0.3 is 19.3 Å². The first kappa shape index (κ1) is 27.8. The Kier molecular flexibility index (Phi) is 9.53. The van der Waals surface area contributed by atoms with E-state index < -0.39 is 0 Å². The molecule has 0 saturated heterocycles. The Morgan fingerprint density at radius 1 is 0.632 bits per heavy atom. The average Bonchev–Trinajstić information content (AvgIpc) is 3.27. The molecule has 0 unspecified atom stereocenters. The zero-order valence-corrected chi connectivity index (χ0v) is 23.2. The molecular weight excluding hydrogens is 476 g/mol. The van der Waals surface area contributed by atoms with E-state index in [0.29, 0.717) is 24.3 Å². The molecule has 0 N–H and O–H groups in total. The molecule has 1 aliphatic rings. The van der Waals surface area contributed by atoms with Crippen LogP contribution in [0, 0.1) is 0 Å². The van der Waals surface area contributed by atoms with Gasteiger partial charge >= 0.3 is 11.9 Å². The topological polar surface area (TPSA) is 59.1 Å². The minimum absolute atomic E-state index is 0.315. The number of rotatable bonds is 14. The first-order valence-corrected chi connectivity index (χ1v) is 14.0. The molecule has 3 aromatic carbocycles. The zero-order valence-electron chi connectivity index (χ0n) is 23.2. The molecule has 0 atom stereocenters. The Balaban J connectivity index is 1.50. The monoisotopic (exact) mass is 516 g/mol. The first-order chi connectivity index (χ1) is 18.5. The smallest absolute Gasteiger partial charge is 0.338 e. The lowest BCUT2D eigenvalue weighted by Gasteiger charge is -2.17. The summed E-state index contributed by atoms with van der Waals surface area (Å²) in [6.07, 6.45) is 1.62. The molecule has 202 valence electrons. The van der Waals surface area contributed by atoms with Crippen molar-refractivity contribution in [1.82, 2.24) is 9.80 Å². The Morgan fingerprint density at radius 2 is 1.21 bits per heavy atom. The van der Waals surface area contributed by atoms with E-state index >= 15 is 0 Å². The van der Waals surface area contributed by atoms with Crippen molar-refractivity contribution >= 4 is 22.7 Å². The molecule has 0 saturated carbocycles. The van der Waals surface area contributed by atoms with Gasteiger partial charge in [-0.15, -0.1) is 0 Å². The molecule has 3 aromatic rings. The maximum absolute atomic E-state index is 13.0. The van der Waals surface area contributed by atoms with Crippen LogP contribution in [0.25, 0.3) is 33.0 Å². The van der Waals surface area contributed by atoms with Crippen LogP contribution in [-0.2, 0) is 9.47 Å². The molecule has 0 fully saturated rings. The van der Waals surface area contributed by atoms with Gasteiger partial charge in [0.15, 0.2) is 0 Å². The number of esters is 2. The highest BCUT2D eigenvalue weighted by Crippen LogP contribution is 2.48. The molecule has 6 nitrogen and oxygen atoms in total. The molecular formula is C32H40N2O4. The van der Waals surface area contributed by atoms with Crippen molar-refractivity contribution in [3.8, 4) is 22.3 Å². The molecule has 0 aromatic heterocycles. The number of benzene rings is 3. The van der Waals surface area contributed by atoms with Gasteiger partial charge in [0.25, 0.3) is 0 Å². The maximum atomic E-state index is 13.0. The minimum atomic E-state index is -0.316. The van der Waals surface area contributed by atoms with Gasteiger partial charge in [-0.05, 0) is 96.3 Å². The summed E-state index contributed by atoms with van der Waals surface area (Å²) >= 11 is 0. The molecule has 0 heterocycles. The van der Waals surface area contributed by atoms with Crippen LogP contribution < -0.4 is 0 Å². The Morgan fingerprint density at radius 3 is 1.82 bits per heavy atom. The van der Waals surface area contributed by atoms with Crippen molar-refractivity contribution in [1.29, 1.82) is 0 Å². The van der Waals surface area contributed by atoms with Gasteiger partial charge in [-0.25, -0.2) is 9.59 Å². The normalized spacial score (nSPS) is 11.8. The molecule has 6 heteroatoms. The second-order valence-electron chi connectivity index (χ2n) is 9.72. The second-order valence-corrected chi connectivity index (χ2v) is 9.72. The van der Waals surface area contributed by atoms with E-state index in [2.05, 4.69) is 43.6 Å². The molecule has 0 aliphatic heterocycles. The van der Waals surface area contributed by atoms with Gasteiger partial charge in [0.05, 0.1) is 24.3 Å². The first-order valence-electron chi connectivity index (χ1n) is 14.0. The van der Waals surface area contributed by atoms with Crippen molar-refractivity contribution in [2.45, 2.75) is 40.5 Å². The summed E-state index contributed by atoms with van der Waals surface area (Å²) in [5.74, 6) is -0.631. The van der Waals surface area contributed by atoms with Gasteiger partial charge in [0.1, 0.15) is 0 Å². The predicted molar refractivity (Wildman–Crippen MR) is 154 cm³/mol.